The molecule has 0 bridgehead atoms. The number of hydrogen-bond acceptors (Lipinski definition) is 2. The van der Waals surface area contributed by atoms with Crippen LogP contribution in [-0.4, -0.2) is 12.1 Å². The molecular formula is C9H14O2. The summed E-state index contributed by atoms with van der Waals surface area (Å²) in [7, 11) is 0. The molecule has 0 N–H and O–H groups in total. The summed E-state index contributed by atoms with van der Waals surface area (Å²) >= 11 is 0. The molecule has 0 fully saturated rings. The Bertz CT molecular complexity index is 172. The van der Waals surface area contributed by atoms with Crippen LogP contribution in [0.15, 0.2) is 12.2 Å². The van der Waals surface area contributed by atoms with Crippen molar-refractivity contribution >= 4 is 12.1 Å². The second-order valence-electron chi connectivity index (χ2n) is 3.44. The van der Waals surface area contributed by atoms with Gasteiger partial charge in [0.25, 0.3) is 0 Å². The monoisotopic (exact) mass is 154 g/mol. The van der Waals surface area contributed by atoms with Crippen LogP contribution in [0.3, 0.4) is 0 Å². The molecular weight excluding hydrogens is 140 g/mol. The van der Waals surface area contributed by atoms with E-state index in [4.69, 9.17) is 0 Å². The smallest absolute Gasteiger partial charge is 0.142 e. The summed E-state index contributed by atoms with van der Waals surface area (Å²) in [5.41, 5.74) is -0.298. The van der Waals surface area contributed by atoms with E-state index in [1.165, 1.54) is 6.08 Å². The maximum atomic E-state index is 11.2. The molecule has 0 saturated heterocycles. The highest BCUT2D eigenvalue weighted by atomic mass is 16.1. The number of hydrogen-bond donors (Lipinski definition) is 0. The van der Waals surface area contributed by atoms with Crippen molar-refractivity contribution in [1.82, 2.24) is 0 Å². The highest BCUT2D eigenvalue weighted by Gasteiger charge is 2.18. The molecule has 0 spiro atoms. The van der Waals surface area contributed by atoms with Crippen molar-refractivity contribution in [3.8, 4) is 0 Å². The van der Waals surface area contributed by atoms with Crippen LogP contribution in [-0.2, 0) is 9.59 Å². The van der Waals surface area contributed by atoms with Crippen molar-refractivity contribution < 1.29 is 9.59 Å². The first-order chi connectivity index (χ1) is 4.98. The maximum absolute atomic E-state index is 11.2. The van der Waals surface area contributed by atoms with Gasteiger partial charge in [0.05, 0.1) is 0 Å². The minimum atomic E-state index is -0.298. The van der Waals surface area contributed by atoms with Crippen LogP contribution < -0.4 is 0 Å². The summed E-state index contributed by atoms with van der Waals surface area (Å²) in [5, 5.41) is 0. The number of aldehydes is 1. The molecule has 0 rings (SSSR count). The normalized spacial score (nSPS) is 11.9. The number of ketones is 1. The lowest BCUT2D eigenvalue weighted by Crippen LogP contribution is -2.18. The van der Waals surface area contributed by atoms with Crippen molar-refractivity contribution in [2.45, 2.75) is 27.2 Å². The minimum Gasteiger partial charge on any atom is -0.299 e. The molecule has 2 heteroatoms. The van der Waals surface area contributed by atoms with Gasteiger partial charge in [0, 0.05) is 11.8 Å². The van der Waals surface area contributed by atoms with E-state index in [0.717, 1.165) is 0 Å². The molecule has 0 radical (unpaired) electrons. The standard InChI is InChI=1S/C9H14O2/c1-9(2,3)8(11)6-4-5-7-10/h4-5,7H,6H2,1-3H3/b5-4+. The summed E-state index contributed by atoms with van der Waals surface area (Å²) in [6.07, 6.45) is 3.96. The van der Waals surface area contributed by atoms with Gasteiger partial charge < -0.3 is 0 Å². The van der Waals surface area contributed by atoms with Gasteiger partial charge in [-0.15, -0.1) is 0 Å². The molecule has 0 heterocycles. The van der Waals surface area contributed by atoms with Crippen LogP contribution in [0.4, 0.5) is 0 Å². The van der Waals surface area contributed by atoms with E-state index < -0.39 is 0 Å². The fraction of sp³-hybridized carbons (Fsp3) is 0.556. The Morgan fingerprint density at radius 1 is 1.36 bits per heavy atom. The topological polar surface area (TPSA) is 34.1 Å². The van der Waals surface area contributed by atoms with Crippen molar-refractivity contribution in [2.75, 3.05) is 0 Å². The van der Waals surface area contributed by atoms with Gasteiger partial charge in [-0.25, -0.2) is 0 Å². The first-order valence-electron chi connectivity index (χ1n) is 3.62. The third-order valence-electron chi connectivity index (χ3n) is 1.35. The SMILES string of the molecule is CC(C)(C)C(=O)C/C=C/C=O. The lowest BCUT2D eigenvalue weighted by molar-refractivity contribution is -0.125. The van der Waals surface area contributed by atoms with Crippen molar-refractivity contribution in [3.63, 3.8) is 0 Å². The van der Waals surface area contributed by atoms with E-state index in [-0.39, 0.29) is 11.2 Å². The number of rotatable bonds is 3. The lowest BCUT2D eigenvalue weighted by Gasteiger charge is -2.14. The zero-order valence-corrected chi connectivity index (χ0v) is 7.26. The van der Waals surface area contributed by atoms with Crippen molar-refractivity contribution in [1.29, 1.82) is 0 Å². The average Bonchev–Trinajstić information content (AvgIpc) is 1.86. The van der Waals surface area contributed by atoms with Gasteiger partial charge in [-0.05, 0) is 6.08 Å². The Labute approximate surface area is 67.3 Å². The number of allylic oxidation sites excluding steroid dienone is 2. The Kier molecular flexibility index (Phi) is 3.72. The quantitative estimate of drug-likeness (QED) is 0.458. The molecule has 0 amide bonds. The van der Waals surface area contributed by atoms with Gasteiger partial charge in [0.2, 0.25) is 0 Å². The van der Waals surface area contributed by atoms with Crippen LogP contribution in [0.2, 0.25) is 0 Å². The zero-order valence-electron chi connectivity index (χ0n) is 7.26. The second kappa shape index (κ2) is 4.06. The van der Waals surface area contributed by atoms with Crippen LogP contribution in [0, 0.1) is 5.41 Å². The van der Waals surface area contributed by atoms with E-state index in [0.29, 0.717) is 12.7 Å². The van der Waals surface area contributed by atoms with Gasteiger partial charge in [-0.2, -0.15) is 0 Å². The van der Waals surface area contributed by atoms with Crippen molar-refractivity contribution in [3.05, 3.63) is 12.2 Å². The Morgan fingerprint density at radius 2 is 1.91 bits per heavy atom. The molecule has 0 saturated carbocycles. The van der Waals surface area contributed by atoms with E-state index in [2.05, 4.69) is 0 Å². The van der Waals surface area contributed by atoms with Gasteiger partial charge in [-0.3, -0.25) is 9.59 Å². The second-order valence-corrected chi connectivity index (χ2v) is 3.44. The molecule has 0 aromatic carbocycles. The van der Waals surface area contributed by atoms with Crippen LogP contribution in [0.5, 0.6) is 0 Å². The highest BCUT2D eigenvalue weighted by Crippen LogP contribution is 2.16. The fourth-order valence-electron chi connectivity index (χ4n) is 0.537. The molecule has 0 aliphatic heterocycles. The number of carbonyl (C=O) groups is 2. The minimum absolute atomic E-state index is 0.149. The molecule has 0 unspecified atom stereocenters. The predicted octanol–water partition coefficient (Wildman–Crippen LogP) is 1.75. The van der Waals surface area contributed by atoms with Crippen LogP contribution in [0.1, 0.15) is 27.2 Å². The largest absolute Gasteiger partial charge is 0.299 e. The van der Waals surface area contributed by atoms with E-state index in [9.17, 15) is 9.59 Å². The summed E-state index contributed by atoms with van der Waals surface area (Å²) in [5.74, 6) is 0.149. The summed E-state index contributed by atoms with van der Waals surface area (Å²) in [4.78, 5) is 21.0. The molecule has 2 nitrogen and oxygen atoms in total. The van der Waals surface area contributed by atoms with E-state index in [1.54, 1.807) is 6.08 Å². The van der Waals surface area contributed by atoms with Gasteiger partial charge in [0.15, 0.2) is 0 Å². The summed E-state index contributed by atoms with van der Waals surface area (Å²) < 4.78 is 0. The van der Waals surface area contributed by atoms with Crippen LogP contribution >= 0.6 is 0 Å². The molecule has 0 atom stereocenters. The zero-order chi connectivity index (χ0) is 8.91. The first-order valence-corrected chi connectivity index (χ1v) is 3.62. The fourth-order valence-corrected chi connectivity index (χ4v) is 0.537. The van der Waals surface area contributed by atoms with Gasteiger partial charge in [-0.1, -0.05) is 26.8 Å². The summed E-state index contributed by atoms with van der Waals surface area (Å²) in [6.45, 7) is 5.60. The van der Waals surface area contributed by atoms with Gasteiger partial charge in [0.1, 0.15) is 12.1 Å². The molecule has 0 aromatic heterocycles. The number of carbonyl (C=O) groups excluding carboxylic acids is 2. The highest BCUT2D eigenvalue weighted by molar-refractivity contribution is 5.85. The van der Waals surface area contributed by atoms with Crippen molar-refractivity contribution in [2.24, 2.45) is 5.41 Å². The predicted molar refractivity (Wildman–Crippen MR) is 44.3 cm³/mol. The van der Waals surface area contributed by atoms with Crippen LogP contribution in [0.25, 0.3) is 0 Å². The van der Waals surface area contributed by atoms with E-state index in [1.807, 2.05) is 20.8 Å². The Balaban J connectivity index is 3.89. The Morgan fingerprint density at radius 3 is 2.27 bits per heavy atom. The third-order valence-corrected chi connectivity index (χ3v) is 1.35. The molecule has 0 aliphatic carbocycles. The average molecular weight is 154 g/mol. The molecule has 62 valence electrons. The molecule has 0 aromatic rings. The van der Waals surface area contributed by atoms with E-state index >= 15 is 0 Å². The Hall–Kier alpha value is -0.920. The van der Waals surface area contributed by atoms with Gasteiger partial charge >= 0.3 is 0 Å². The first kappa shape index (κ1) is 10.1. The maximum Gasteiger partial charge on any atom is 0.142 e. The molecule has 0 aliphatic rings. The molecule has 11 heavy (non-hydrogen) atoms. The number of Topliss-reactive ketones (excluding diaryl/α,β-unsaturated/α-hetero) is 1. The lowest BCUT2D eigenvalue weighted by atomic mass is 9.89. The summed E-state index contributed by atoms with van der Waals surface area (Å²) in [6, 6.07) is 0. The third kappa shape index (κ3) is 4.48.